The number of rotatable bonds is 4. The quantitative estimate of drug-likeness (QED) is 0.926. The first kappa shape index (κ1) is 15.6. The summed E-state index contributed by atoms with van der Waals surface area (Å²) in [6, 6.07) is 10.3. The third-order valence-corrected chi connectivity index (χ3v) is 4.20. The molecule has 0 saturated carbocycles. The smallest absolute Gasteiger partial charge is 0.231 e. The monoisotopic (exact) mass is 303 g/mol. The van der Waals surface area contributed by atoms with Gasteiger partial charge in [-0.25, -0.2) is 0 Å². The van der Waals surface area contributed by atoms with E-state index < -0.39 is 5.41 Å². The normalized spacial score (nSPS) is 13.0. The van der Waals surface area contributed by atoms with Gasteiger partial charge in [0, 0.05) is 11.3 Å². The summed E-state index contributed by atoms with van der Waals surface area (Å²) < 4.78 is 0. The fourth-order valence-corrected chi connectivity index (χ4v) is 2.90. The Morgan fingerprint density at radius 2 is 1.90 bits per heavy atom. The summed E-state index contributed by atoms with van der Waals surface area (Å²) in [6.45, 7) is 7.77. The zero-order valence-electron chi connectivity index (χ0n) is 12.9. The van der Waals surface area contributed by atoms with E-state index in [4.69, 9.17) is 0 Å². The van der Waals surface area contributed by atoms with E-state index in [1.807, 2.05) is 39.0 Å². The SMILES string of the molecule is CCC(c1ccccc1)c1nnc(NC(=O)C(C)(C)C)s1. The average molecular weight is 303 g/mol. The van der Waals surface area contributed by atoms with Crippen molar-refractivity contribution in [3.05, 3.63) is 40.9 Å². The lowest BCUT2D eigenvalue weighted by Gasteiger charge is -2.15. The van der Waals surface area contributed by atoms with Crippen LogP contribution in [0.25, 0.3) is 0 Å². The van der Waals surface area contributed by atoms with Gasteiger partial charge >= 0.3 is 0 Å². The number of nitrogens with zero attached hydrogens (tertiary/aromatic N) is 2. The van der Waals surface area contributed by atoms with Crippen LogP contribution in [0.1, 0.15) is 50.6 Å². The zero-order valence-corrected chi connectivity index (χ0v) is 13.7. The van der Waals surface area contributed by atoms with Crippen LogP contribution in [0.4, 0.5) is 5.13 Å². The number of benzene rings is 1. The second-order valence-electron chi connectivity index (χ2n) is 6.02. The van der Waals surface area contributed by atoms with E-state index in [0.717, 1.165) is 11.4 Å². The lowest BCUT2D eigenvalue weighted by Crippen LogP contribution is -2.27. The molecule has 112 valence electrons. The summed E-state index contributed by atoms with van der Waals surface area (Å²) in [7, 11) is 0. The van der Waals surface area contributed by atoms with Crippen molar-refractivity contribution in [1.82, 2.24) is 10.2 Å². The van der Waals surface area contributed by atoms with E-state index >= 15 is 0 Å². The lowest BCUT2D eigenvalue weighted by atomic mass is 9.96. The number of carbonyl (C=O) groups excluding carboxylic acids is 1. The third kappa shape index (κ3) is 3.88. The standard InChI is InChI=1S/C16H21N3OS/c1-5-12(11-9-7-6-8-10-11)13-18-19-15(21-13)17-14(20)16(2,3)4/h6-10,12H,5H2,1-4H3,(H,17,19,20). The Hall–Kier alpha value is -1.75. The Balaban J connectivity index is 2.17. The Morgan fingerprint density at radius 1 is 1.24 bits per heavy atom. The number of hydrogen-bond donors (Lipinski definition) is 1. The Kier molecular flexibility index (Phi) is 4.73. The van der Waals surface area contributed by atoms with Crippen molar-refractivity contribution in [2.24, 2.45) is 5.41 Å². The van der Waals surface area contributed by atoms with Gasteiger partial charge in [0.1, 0.15) is 5.01 Å². The molecule has 1 N–H and O–H groups in total. The van der Waals surface area contributed by atoms with Crippen molar-refractivity contribution in [3.8, 4) is 0 Å². The summed E-state index contributed by atoms with van der Waals surface area (Å²) in [6.07, 6.45) is 0.950. The van der Waals surface area contributed by atoms with Gasteiger partial charge in [-0.15, -0.1) is 10.2 Å². The molecule has 0 bridgehead atoms. The van der Waals surface area contributed by atoms with Crippen molar-refractivity contribution in [2.75, 3.05) is 5.32 Å². The molecule has 1 unspecified atom stereocenters. The van der Waals surface area contributed by atoms with Crippen LogP contribution in [-0.2, 0) is 4.79 Å². The molecular formula is C16H21N3OS. The lowest BCUT2D eigenvalue weighted by molar-refractivity contribution is -0.123. The van der Waals surface area contributed by atoms with E-state index in [2.05, 4.69) is 34.6 Å². The van der Waals surface area contributed by atoms with Crippen LogP contribution in [0, 0.1) is 5.41 Å². The summed E-state index contributed by atoms with van der Waals surface area (Å²) in [4.78, 5) is 12.0. The van der Waals surface area contributed by atoms with E-state index in [1.54, 1.807) is 0 Å². The van der Waals surface area contributed by atoms with Gasteiger partial charge in [0.25, 0.3) is 0 Å². The van der Waals surface area contributed by atoms with Crippen LogP contribution < -0.4 is 5.32 Å². The van der Waals surface area contributed by atoms with Crippen molar-refractivity contribution in [3.63, 3.8) is 0 Å². The van der Waals surface area contributed by atoms with Crippen LogP contribution >= 0.6 is 11.3 Å². The van der Waals surface area contributed by atoms with Crippen LogP contribution in [0.2, 0.25) is 0 Å². The maximum absolute atomic E-state index is 12.0. The molecule has 0 aliphatic rings. The fraction of sp³-hybridized carbons (Fsp3) is 0.438. The predicted molar refractivity (Wildman–Crippen MR) is 86.6 cm³/mol. The number of aromatic nitrogens is 2. The summed E-state index contributed by atoms with van der Waals surface area (Å²) in [5, 5.41) is 12.7. The highest BCUT2D eigenvalue weighted by atomic mass is 32.1. The van der Waals surface area contributed by atoms with Gasteiger partial charge in [0.2, 0.25) is 11.0 Å². The second kappa shape index (κ2) is 6.35. The second-order valence-corrected chi connectivity index (χ2v) is 7.03. The highest BCUT2D eigenvalue weighted by molar-refractivity contribution is 7.15. The van der Waals surface area contributed by atoms with E-state index in [9.17, 15) is 4.79 Å². The molecule has 2 rings (SSSR count). The molecule has 5 heteroatoms. The van der Waals surface area contributed by atoms with Crippen LogP contribution in [0.15, 0.2) is 30.3 Å². The molecule has 21 heavy (non-hydrogen) atoms. The molecule has 0 fully saturated rings. The molecule has 1 atom stereocenters. The topological polar surface area (TPSA) is 54.9 Å². The number of carbonyl (C=O) groups is 1. The minimum atomic E-state index is -0.435. The minimum Gasteiger partial charge on any atom is -0.300 e. The fourth-order valence-electron chi connectivity index (χ4n) is 1.95. The van der Waals surface area contributed by atoms with Crippen molar-refractivity contribution < 1.29 is 4.79 Å². The molecule has 0 spiro atoms. The average Bonchev–Trinajstić information content (AvgIpc) is 2.88. The van der Waals surface area contributed by atoms with Crippen molar-refractivity contribution in [1.29, 1.82) is 0 Å². The maximum Gasteiger partial charge on any atom is 0.231 e. The molecule has 0 aliphatic heterocycles. The molecule has 0 radical (unpaired) electrons. The molecule has 0 saturated heterocycles. The van der Waals surface area contributed by atoms with Gasteiger partial charge < -0.3 is 5.32 Å². The van der Waals surface area contributed by atoms with Crippen molar-refractivity contribution in [2.45, 2.75) is 40.0 Å². The molecular weight excluding hydrogens is 282 g/mol. The Bertz CT molecular complexity index is 601. The number of amides is 1. The Morgan fingerprint density at radius 3 is 2.48 bits per heavy atom. The number of hydrogen-bond acceptors (Lipinski definition) is 4. The van der Waals surface area contributed by atoms with E-state index in [1.165, 1.54) is 16.9 Å². The van der Waals surface area contributed by atoms with Crippen molar-refractivity contribution >= 4 is 22.4 Å². The first-order chi connectivity index (χ1) is 9.91. The summed E-state index contributed by atoms with van der Waals surface area (Å²) >= 11 is 1.45. The van der Waals surface area contributed by atoms with Gasteiger partial charge in [0.15, 0.2) is 0 Å². The molecule has 1 amide bonds. The van der Waals surface area contributed by atoms with Crippen LogP contribution in [-0.4, -0.2) is 16.1 Å². The number of anilines is 1. The van der Waals surface area contributed by atoms with Gasteiger partial charge in [-0.3, -0.25) is 4.79 Å². The molecule has 2 aromatic rings. The highest BCUT2D eigenvalue weighted by Gasteiger charge is 2.23. The first-order valence-electron chi connectivity index (χ1n) is 7.11. The third-order valence-electron chi connectivity index (χ3n) is 3.25. The van der Waals surface area contributed by atoms with E-state index in [-0.39, 0.29) is 11.8 Å². The largest absolute Gasteiger partial charge is 0.300 e. The highest BCUT2D eigenvalue weighted by Crippen LogP contribution is 2.31. The zero-order chi connectivity index (χ0) is 15.5. The summed E-state index contributed by atoms with van der Waals surface area (Å²) in [5.41, 5.74) is 0.792. The summed E-state index contributed by atoms with van der Waals surface area (Å²) in [5.74, 6) is 0.182. The van der Waals surface area contributed by atoms with Crippen LogP contribution in [0.3, 0.4) is 0 Å². The molecule has 1 aromatic carbocycles. The van der Waals surface area contributed by atoms with Crippen LogP contribution in [0.5, 0.6) is 0 Å². The number of nitrogens with one attached hydrogen (secondary N) is 1. The van der Waals surface area contributed by atoms with E-state index in [0.29, 0.717) is 5.13 Å². The van der Waals surface area contributed by atoms with Gasteiger partial charge in [-0.2, -0.15) is 0 Å². The molecule has 4 nitrogen and oxygen atoms in total. The molecule has 1 aromatic heterocycles. The molecule has 1 heterocycles. The van der Waals surface area contributed by atoms with Gasteiger partial charge in [-0.05, 0) is 12.0 Å². The first-order valence-corrected chi connectivity index (χ1v) is 7.93. The minimum absolute atomic E-state index is 0.0436. The maximum atomic E-state index is 12.0. The molecule has 0 aliphatic carbocycles. The predicted octanol–water partition coefficient (Wildman–Crippen LogP) is 4.06. The Labute approximate surface area is 129 Å². The van der Waals surface area contributed by atoms with Gasteiger partial charge in [0.05, 0.1) is 0 Å². The van der Waals surface area contributed by atoms with Gasteiger partial charge in [-0.1, -0.05) is 69.4 Å².